The molecule has 1 rings (SSSR count). The van der Waals surface area contributed by atoms with Crippen molar-refractivity contribution in [2.24, 2.45) is 0 Å². The molecule has 0 radical (unpaired) electrons. The molecule has 0 amide bonds. The van der Waals surface area contributed by atoms with Gasteiger partial charge in [0.15, 0.2) is 0 Å². The number of hydrogen-bond acceptors (Lipinski definition) is 4. The molecule has 1 heterocycles. The van der Waals surface area contributed by atoms with E-state index in [1.54, 1.807) is 0 Å². The van der Waals surface area contributed by atoms with Crippen molar-refractivity contribution >= 4 is 0 Å². The van der Waals surface area contributed by atoms with Gasteiger partial charge in [-0.15, -0.1) is 10.2 Å². The number of aromatic nitrogens is 2. The third kappa shape index (κ3) is 5.17. The Labute approximate surface area is 111 Å². The molecule has 0 saturated heterocycles. The molecular weight excluding hydrogens is 226 g/mol. The van der Waals surface area contributed by atoms with Gasteiger partial charge in [0.2, 0.25) is 11.8 Å². The summed E-state index contributed by atoms with van der Waals surface area (Å²) in [6, 6.07) is 0. The summed E-state index contributed by atoms with van der Waals surface area (Å²) in [4.78, 5) is 0. The van der Waals surface area contributed by atoms with Gasteiger partial charge in [0.1, 0.15) is 0 Å². The van der Waals surface area contributed by atoms with Crippen molar-refractivity contribution in [1.82, 2.24) is 15.5 Å². The predicted octanol–water partition coefficient (Wildman–Crippen LogP) is 3.29. The summed E-state index contributed by atoms with van der Waals surface area (Å²) in [7, 11) is 0. The van der Waals surface area contributed by atoms with Crippen LogP contribution < -0.4 is 5.32 Å². The molecule has 0 unspecified atom stereocenters. The van der Waals surface area contributed by atoms with Gasteiger partial charge in [0, 0.05) is 17.9 Å². The van der Waals surface area contributed by atoms with Gasteiger partial charge in [-0.1, -0.05) is 13.8 Å². The molecule has 0 aromatic carbocycles. The molecule has 0 aliphatic carbocycles. The fourth-order valence-electron chi connectivity index (χ4n) is 1.87. The lowest BCUT2D eigenvalue weighted by Crippen LogP contribution is -2.36. The molecule has 4 nitrogen and oxygen atoms in total. The molecule has 0 atom stereocenters. The van der Waals surface area contributed by atoms with E-state index in [9.17, 15) is 0 Å². The second kappa shape index (κ2) is 6.88. The van der Waals surface area contributed by atoms with E-state index >= 15 is 0 Å². The lowest BCUT2D eigenvalue weighted by atomic mass is 10.0. The second-order valence-corrected chi connectivity index (χ2v) is 5.83. The van der Waals surface area contributed by atoms with E-state index in [-0.39, 0.29) is 5.54 Å². The van der Waals surface area contributed by atoms with E-state index in [2.05, 4.69) is 50.1 Å². The van der Waals surface area contributed by atoms with Crippen LogP contribution in [0.5, 0.6) is 0 Å². The zero-order valence-electron chi connectivity index (χ0n) is 12.4. The standard InChI is InChI=1S/C14H27N3O/c1-6-11(7-2)13-17-16-12(18-13)9-8-10-15-14(3,4)5/h11,15H,6-10H2,1-5H3. The van der Waals surface area contributed by atoms with Gasteiger partial charge in [-0.05, 0) is 46.6 Å². The smallest absolute Gasteiger partial charge is 0.219 e. The highest BCUT2D eigenvalue weighted by Crippen LogP contribution is 2.21. The van der Waals surface area contributed by atoms with Crippen molar-refractivity contribution < 1.29 is 4.42 Å². The maximum Gasteiger partial charge on any atom is 0.219 e. The number of nitrogens with zero attached hydrogens (tertiary/aromatic N) is 2. The fourth-order valence-corrected chi connectivity index (χ4v) is 1.87. The number of rotatable bonds is 7. The lowest BCUT2D eigenvalue weighted by molar-refractivity contribution is 0.388. The molecule has 1 aromatic heterocycles. The van der Waals surface area contributed by atoms with Crippen molar-refractivity contribution in [1.29, 1.82) is 0 Å². The quantitative estimate of drug-likeness (QED) is 0.758. The Bertz CT molecular complexity index is 337. The number of hydrogen-bond donors (Lipinski definition) is 1. The highest BCUT2D eigenvalue weighted by Gasteiger charge is 2.15. The van der Waals surface area contributed by atoms with E-state index in [4.69, 9.17) is 4.42 Å². The number of aryl methyl sites for hydroxylation is 1. The van der Waals surface area contributed by atoms with E-state index in [0.717, 1.165) is 44.0 Å². The van der Waals surface area contributed by atoms with E-state index in [1.807, 2.05) is 0 Å². The summed E-state index contributed by atoms with van der Waals surface area (Å²) in [5.41, 5.74) is 0.176. The second-order valence-electron chi connectivity index (χ2n) is 5.83. The van der Waals surface area contributed by atoms with Gasteiger partial charge < -0.3 is 9.73 Å². The van der Waals surface area contributed by atoms with Crippen molar-refractivity contribution in [3.8, 4) is 0 Å². The largest absolute Gasteiger partial charge is 0.425 e. The highest BCUT2D eigenvalue weighted by atomic mass is 16.4. The van der Waals surface area contributed by atoms with Crippen LogP contribution in [-0.2, 0) is 6.42 Å². The first-order valence-electron chi connectivity index (χ1n) is 7.03. The predicted molar refractivity (Wildman–Crippen MR) is 73.7 cm³/mol. The monoisotopic (exact) mass is 253 g/mol. The maximum atomic E-state index is 5.71. The molecule has 0 aliphatic rings. The lowest BCUT2D eigenvalue weighted by Gasteiger charge is -2.19. The van der Waals surface area contributed by atoms with Crippen LogP contribution in [-0.4, -0.2) is 22.3 Å². The van der Waals surface area contributed by atoms with Crippen molar-refractivity contribution in [3.05, 3.63) is 11.8 Å². The molecule has 0 bridgehead atoms. The first kappa shape index (κ1) is 15.2. The van der Waals surface area contributed by atoms with Crippen molar-refractivity contribution in [2.45, 2.75) is 71.8 Å². The van der Waals surface area contributed by atoms with Crippen LogP contribution in [0.1, 0.15) is 71.6 Å². The van der Waals surface area contributed by atoms with Crippen LogP contribution in [0.25, 0.3) is 0 Å². The SMILES string of the molecule is CCC(CC)c1nnc(CCCNC(C)(C)C)o1. The highest BCUT2D eigenvalue weighted by molar-refractivity contribution is 4.90. The summed E-state index contributed by atoms with van der Waals surface area (Å²) in [6.45, 7) is 11.8. The van der Waals surface area contributed by atoms with E-state index < -0.39 is 0 Å². The molecule has 1 aromatic rings. The average molecular weight is 253 g/mol. The van der Waals surface area contributed by atoms with Gasteiger partial charge >= 0.3 is 0 Å². The molecule has 4 heteroatoms. The molecule has 0 fully saturated rings. The molecule has 0 saturated carbocycles. The Balaban J connectivity index is 2.35. The van der Waals surface area contributed by atoms with Gasteiger partial charge in [0.25, 0.3) is 0 Å². The van der Waals surface area contributed by atoms with Crippen molar-refractivity contribution in [3.63, 3.8) is 0 Å². The van der Waals surface area contributed by atoms with Crippen molar-refractivity contribution in [2.75, 3.05) is 6.54 Å². The Morgan fingerprint density at radius 2 is 1.83 bits per heavy atom. The van der Waals surface area contributed by atoms with Crippen LogP contribution in [0.3, 0.4) is 0 Å². The van der Waals surface area contributed by atoms with E-state index in [0.29, 0.717) is 5.92 Å². The molecule has 0 aliphatic heterocycles. The summed E-state index contributed by atoms with van der Waals surface area (Å²) in [6.07, 6.45) is 4.01. The summed E-state index contributed by atoms with van der Waals surface area (Å²) >= 11 is 0. The van der Waals surface area contributed by atoms with E-state index in [1.165, 1.54) is 0 Å². The van der Waals surface area contributed by atoms with Crippen LogP contribution in [0, 0.1) is 0 Å². The molecule has 18 heavy (non-hydrogen) atoms. The van der Waals surface area contributed by atoms with Crippen LogP contribution in [0.2, 0.25) is 0 Å². The van der Waals surface area contributed by atoms with Gasteiger partial charge in [-0.25, -0.2) is 0 Å². The third-order valence-electron chi connectivity index (χ3n) is 3.04. The Hall–Kier alpha value is -0.900. The molecule has 0 spiro atoms. The zero-order valence-corrected chi connectivity index (χ0v) is 12.4. The molecular formula is C14H27N3O. The average Bonchev–Trinajstić information content (AvgIpc) is 2.74. The zero-order chi connectivity index (χ0) is 13.6. The molecule has 1 N–H and O–H groups in total. The van der Waals surface area contributed by atoms with Crippen LogP contribution in [0.4, 0.5) is 0 Å². The summed E-state index contributed by atoms with van der Waals surface area (Å²) in [5.74, 6) is 1.99. The minimum atomic E-state index is 0.176. The topological polar surface area (TPSA) is 51.0 Å². The first-order chi connectivity index (χ1) is 8.46. The fraction of sp³-hybridized carbons (Fsp3) is 0.857. The Morgan fingerprint density at radius 1 is 1.17 bits per heavy atom. The summed E-state index contributed by atoms with van der Waals surface area (Å²) in [5, 5.41) is 11.7. The normalized spacial score (nSPS) is 12.3. The van der Waals surface area contributed by atoms with Gasteiger partial charge in [-0.2, -0.15) is 0 Å². The minimum Gasteiger partial charge on any atom is -0.425 e. The molecule has 104 valence electrons. The number of nitrogens with one attached hydrogen (secondary N) is 1. The summed E-state index contributed by atoms with van der Waals surface area (Å²) < 4.78 is 5.71. The third-order valence-corrected chi connectivity index (χ3v) is 3.04. The van der Waals surface area contributed by atoms with Gasteiger partial charge in [0.05, 0.1) is 0 Å². The Kier molecular flexibility index (Phi) is 5.79. The van der Waals surface area contributed by atoms with Gasteiger partial charge in [-0.3, -0.25) is 0 Å². The van der Waals surface area contributed by atoms with Crippen LogP contribution in [0.15, 0.2) is 4.42 Å². The maximum absolute atomic E-state index is 5.71. The first-order valence-corrected chi connectivity index (χ1v) is 7.03. The van der Waals surface area contributed by atoms with Crippen LogP contribution >= 0.6 is 0 Å². The Morgan fingerprint density at radius 3 is 2.39 bits per heavy atom. The minimum absolute atomic E-state index is 0.176.